The molecule has 0 aromatic heterocycles. The van der Waals surface area contributed by atoms with Gasteiger partial charge in [0.05, 0.1) is 6.10 Å². The number of benzene rings is 1. The van der Waals surface area contributed by atoms with Crippen LogP contribution in [-0.4, -0.2) is 42.3 Å². The third kappa shape index (κ3) is 5.96. The average Bonchev–Trinajstić information content (AvgIpc) is 2.29. The molecule has 0 saturated carbocycles. The molecule has 1 atom stereocenters. The lowest BCUT2D eigenvalue weighted by atomic mass is 10.2. The highest BCUT2D eigenvalue weighted by atomic mass is 79.9. The second-order valence-electron chi connectivity index (χ2n) is 5.00. The molecule has 0 radical (unpaired) electrons. The van der Waals surface area contributed by atoms with Gasteiger partial charge in [0.1, 0.15) is 0 Å². The molecule has 0 saturated heterocycles. The molecule has 0 spiro atoms. The first-order chi connectivity index (χ1) is 8.49. The molecule has 2 N–H and O–H groups in total. The second kappa shape index (κ2) is 7.89. The van der Waals surface area contributed by atoms with Crippen LogP contribution in [0.5, 0.6) is 0 Å². The van der Waals surface area contributed by atoms with Crippen molar-refractivity contribution in [2.75, 3.05) is 20.1 Å². The number of hydrogen-bond donors (Lipinski definition) is 2. The van der Waals surface area contributed by atoms with Crippen molar-refractivity contribution < 1.29 is 5.11 Å². The van der Waals surface area contributed by atoms with E-state index in [9.17, 15) is 5.11 Å². The van der Waals surface area contributed by atoms with Gasteiger partial charge in [-0.25, -0.2) is 0 Å². The lowest BCUT2D eigenvalue weighted by Gasteiger charge is -2.22. The molecule has 3 nitrogen and oxygen atoms in total. The van der Waals surface area contributed by atoms with Crippen LogP contribution in [0.15, 0.2) is 28.7 Å². The lowest BCUT2D eigenvalue weighted by molar-refractivity contribution is 0.119. The molecular formula is C14H23BrN2O. The quantitative estimate of drug-likeness (QED) is 0.810. The van der Waals surface area contributed by atoms with Gasteiger partial charge in [0, 0.05) is 30.1 Å². The number of aliphatic hydroxyl groups is 1. The summed E-state index contributed by atoms with van der Waals surface area (Å²) in [5.41, 5.74) is 1.24. The zero-order valence-electron chi connectivity index (χ0n) is 11.4. The lowest BCUT2D eigenvalue weighted by Crippen LogP contribution is -2.38. The molecule has 1 unspecified atom stereocenters. The topological polar surface area (TPSA) is 35.5 Å². The molecule has 0 amide bonds. The van der Waals surface area contributed by atoms with Crippen LogP contribution in [-0.2, 0) is 6.54 Å². The van der Waals surface area contributed by atoms with Crippen molar-refractivity contribution in [3.05, 3.63) is 34.3 Å². The van der Waals surface area contributed by atoms with Gasteiger partial charge in [0.15, 0.2) is 0 Å². The van der Waals surface area contributed by atoms with Gasteiger partial charge in [-0.3, -0.25) is 4.90 Å². The SMILES string of the molecule is CC(C)NCC(O)CN(C)Cc1ccccc1Br. The first kappa shape index (κ1) is 15.6. The van der Waals surface area contributed by atoms with E-state index in [-0.39, 0.29) is 6.10 Å². The van der Waals surface area contributed by atoms with E-state index in [1.54, 1.807) is 0 Å². The minimum Gasteiger partial charge on any atom is -0.390 e. The van der Waals surface area contributed by atoms with Crippen molar-refractivity contribution in [2.24, 2.45) is 0 Å². The van der Waals surface area contributed by atoms with E-state index < -0.39 is 0 Å². The Morgan fingerprint density at radius 1 is 1.33 bits per heavy atom. The largest absolute Gasteiger partial charge is 0.390 e. The molecule has 1 aromatic rings. The van der Waals surface area contributed by atoms with Gasteiger partial charge in [-0.1, -0.05) is 48.0 Å². The van der Waals surface area contributed by atoms with Crippen molar-refractivity contribution in [3.63, 3.8) is 0 Å². The minimum atomic E-state index is -0.333. The van der Waals surface area contributed by atoms with Crippen LogP contribution in [0.2, 0.25) is 0 Å². The van der Waals surface area contributed by atoms with E-state index in [1.165, 1.54) is 5.56 Å². The maximum Gasteiger partial charge on any atom is 0.0791 e. The summed E-state index contributed by atoms with van der Waals surface area (Å²) in [7, 11) is 2.03. The molecule has 18 heavy (non-hydrogen) atoms. The molecule has 0 aliphatic heterocycles. The highest BCUT2D eigenvalue weighted by Crippen LogP contribution is 2.17. The summed E-state index contributed by atoms with van der Waals surface area (Å²) in [6.45, 7) is 6.30. The standard InChI is InChI=1S/C14H23BrN2O/c1-11(2)16-8-13(18)10-17(3)9-12-6-4-5-7-14(12)15/h4-7,11,13,16,18H,8-10H2,1-3H3. The van der Waals surface area contributed by atoms with E-state index >= 15 is 0 Å². The summed E-state index contributed by atoms with van der Waals surface area (Å²) in [5, 5.41) is 13.1. The molecule has 0 aliphatic rings. The monoisotopic (exact) mass is 314 g/mol. The Morgan fingerprint density at radius 3 is 2.61 bits per heavy atom. The summed E-state index contributed by atoms with van der Waals surface area (Å²) in [6, 6.07) is 8.59. The number of nitrogens with zero attached hydrogens (tertiary/aromatic N) is 1. The fraction of sp³-hybridized carbons (Fsp3) is 0.571. The zero-order valence-corrected chi connectivity index (χ0v) is 12.9. The number of likely N-dealkylation sites (N-methyl/N-ethyl adjacent to an activating group) is 1. The summed E-state index contributed by atoms with van der Waals surface area (Å²) in [4.78, 5) is 2.13. The van der Waals surface area contributed by atoms with E-state index in [2.05, 4.69) is 46.1 Å². The van der Waals surface area contributed by atoms with Gasteiger partial charge in [0.2, 0.25) is 0 Å². The third-order valence-corrected chi connectivity index (χ3v) is 3.46. The molecule has 0 aliphatic carbocycles. The maximum absolute atomic E-state index is 9.90. The number of rotatable bonds is 7. The van der Waals surface area contributed by atoms with Crippen LogP contribution in [0.25, 0.3) is 0 Å². The van der Waals surface area contributed by atoms with E-state index in [0.717, 1.165) is 11.0 Å². The fourth-order valence-corrected chi connectivity index (χ4v) is 2.19. The van der Waals surface area contributed by atoms with Gasteiger partial charge in [-0.15, -0.1) is 0 Å². The van der Waals surface area contributed by atoms with Crippen LogP contribution in [0, 0.1) is 0 Å². The van der Waals surface area contributed by atoms with Crippen molar-refractivity contribution >= 4 is 15.9 Å². The normalized spacial score (nSPS) is 13.3. The van der Waals surface area contributed by atoms with Crippen LogP contribution in [0.4, 0.5) is 0 Å². The summed E-state index contributed by atoms with van der Waals surface area (Å²) < 4.78 is 1.12. The Hall–Kier alpha value is -0.420. The van der Waals surface area contributed by atoms with Gasteiger partial charge in [0.25, 0.3) is 0 Å². The molecule has 4 heteroatoms. The van der Waals surface area contributed by atoms with E-state index in [0.29, 0.717) is 19.1 Å². The number of hydrogen-bond acceptors (Lipinski definition) is 3. The summed E-state index contributed by atoms with van der Waals surface area (Å²) in [6.07, 6.45) is -0.333. The van der Waals surface area contributed by atoms with Gasteiger partial charge < -0.3 is 10.4 Å². The first-order valence-corrected chi connectivity index (χ1v) is 7.11. The van der Waals surface area contributed by atoms with Crippen LogP contribution in [0.1, 0.15) is 19.4 Å². The Labute approximate surface area is 118 Å². The van der Waals surface area contributed by atoms with Crippen molar-refractivity contribution in [1.82, 2.24) is 10.2 Å². The predicted octanol–water partition coefficient (Wildman–Crippen LogP) is 2.24. The molecule has 0 bridgehead atoms. The Balaban J connectivity index is 2.37. The number of halogens is 1. The van der Waals surface area contributed by atoms with Gasteiger partial charge in [-0.05, 0) is 18.7 Å². The van der Waals surface area contributed by atoms with E-state index in [4.69, 9.17) is 0 Å². The molecule has 1 aromatic carbocycles. The highest BCUT2D eigenvalue weighted by Gasteiger charge is 2.10. The molecule has 102 valence electrons. The molecule has 0 heterocycles. The smallest absolute Gasteiger partial charge is 0.0791 e. The number of nitrogens with one attached hydrogen (secondary N) is 1. The Morgan fingerprint density at radius 2 is 2.00 bits per heavy atom. The molecule has 1 rings (SSSR count). The van der Waals surface area contributed by atoms with Crippen LogP contribution >= 0.6 is 15.9 Å². The van der Waals surface area contributed by atoms with Crippen molar-refractivity contribution in [1.29, 1.82) is 0 Å². The highest BCUT2D eigenvalue weighted by molar-refractivity contribution is 9.10. The number of aliphatic hydroxyl groups excluding tert-OH is 1. The minimum absolute atomic E-state index is 0.333. The predicted molar refractivity (Wildman–Crippen MR) is 79.6 cm³/mol. The Bertz CT molecular complexity index is 357. The van der Waals surface area contributed by atoms with Gasteiger partial charge in [-0.2, -0.15) is 0 Å². The second-order valence-corrected chi connectivity index (χ2v) is 5.86. The van der Waals surface area contributed by atoms with Crippen molar-refractivity contribution in [3.8, 4) is 0 Å². The Kier molecular flexibility index (Phi) is 6.86. The summed E-state index contributed by atoms with van der Waals surface area (Å²) >= 11 is 3.54. The maximum atomic E-state index is 9.90. The molecular weight excluding hydrogens is 292 g/mol. The summed E-state index contributed by atoms with van der Waals surface area (Å²) in [5.74, 6) is 0. The molecule has 0 fully saturated rings. The van der Waals surface area contributed by atoms with Crippen LogP contribution in [0.3, 0.4) is 0 Å². The third-order valence-electron chi connectivity index (χ3n) is 2.68. The first-order valence-electron chi connectivity index (χ1n) is 6.32. The average molecular weight is 315 g/mol. The fourth-order valence-electron chi connectivity index (χ4n) is 1.78. The van der Waals surface area contributed by atoms with Crippen LogP contribution < -0.4 is 5.32 Å². The van der Waals surface area contributed by atoms with Gasteiger partial charge >= 0.3 is 0 Å². The zero-order chi connectivity index (χ0) is 13.5. The van der Waals surface area contributed by atoms with E-state index in [1.807, 2.05) is 25.2 Å². The van der Waals surface area contributed by atoms with Crippen molar-refractivity contribution in [2.45, 2.75) is 32.5 Å².